The molecule has 0 aliphatic carbocycles. The van der Waals surface area contributed by atoms with Gasteiger partial charge in [0, 0.05) is 6.42 Å². The van der Waals surface area contributed by atoms with Crippen molar-refractivity contribution in [3.05, 3.63) is 23.5 Å². The first-order valence-electron chi connectivity index (χ1n) is 4.51. The van der Waals surface area contributed by atoms with Crippen molar-refractivity contribution in [2.75, 3.05) is 14.2 Å². The SMILES string of the molecule is COc1ccc(CCC#N)c(F)c1OC. The summed E-state index contributed by atoms with van der Waals surface area (Å²) in [5.74, 6) is -0.00394. The molecule has 0 aliphatic heterocycles. The third-order valence-corrected chi connectivity index (χ3v) is 2.07. The molecule has 0 aromatic heterocycles. The molecule has 0 aliphatic rings. The molecule has 1 aromatic carbocycles. The Kier molecular flexibility index (Phi) is 3.92. The highest BCUT2D eigenvalue weighted by Gasteiger charge is 2.14. The summed E-state index contributed by atoms with van der Waals surface area (Å²) in [4.78, 5) is 0. The topological polar surface area (TPSA) is 42.2 Å². The summed E-state index contributed by atoms with van der Waals surface area (Å²) in [6.07, 6.45) is 0.662. The molecule has 0 atom stereocenters. The molecule has 0 amide bonds. The highest BCUT2D eigenvalue weighted by Crippen LogP contribution is 2.32. The van der Waals surface area contributed by atoms with Crippen LogP contribution in [0.15, 0.2) is 12.1 Å². The molecule has 0 bridgehead atoms. The maximum atomic E-state index is 13.7. The molecular weight excluding hydrogens is 197 g/mol. The van der Waals surface area contributed by atoms with Gasteiger partial charge in [-0.2, -0.15) is 5.26 Å². The normalized spacial score (nSPS) is 9.47. The molecule has 0 spiro atoms. The van der Waals surface area contributed by atoms with Gasteiger partial charge in [-0.25, -0.2) is 4.39 Å². The molecule has 1 rings (SSSR count). The number of halogens is 1. The predicted octanol–water partition coefficient (Wildman–Crippen LogP) is 2.30. The molecule has 15 heavy (non-hydrogen) atoms. The fraction of sp³-hybridized carbons (Fsp3) is 0.364. The van der Waals surface area contributed by atoms with Crippen LogP contribution in [-0.4, -0.2) is 14.2 Å². The zero-order valence-electron chi connectivity index (χ0n) is 8.71. The fourth-order valence-corrected chi connectivity index (χ4v) is 1.31. The van der Waals surface area contributed by atoms with Crippen LogP contribution in [-0.2, 0) is 6.42 Å². The van der Waals surface area contributed by atoms with Crippen molar-refractivity contribution in [2.45, 2.75) is 12.8 Å². The minimum absolute atomic E-state index is 0.0907. The Bertz CT molecular complexity index is 385. The van der Waals surface area contributed by atoms with Gasteiger partial charge in [-0.1, -0.05) is 6.07 Å². The van der Waals surface area contributed by atoms with Gasteiger partial charge < -0.3 is 9.47 Å². The van der Waals surface area contributed by atoms with Crippen LogP contribution in [0.2, 0.25) is 0 Å². The largest absolute Gasteiger partial charge is 0.493 e. The molecule has 0 saturated carbocycles. The predicted molar refractivity (Wildman–Crippen MR) is 53.4 cm³/mol. The average molecular weight is 209 g/mol. The lowest BCUT2D eigenvalue weighted by molar-refractivity contribution is 0.336. The van der Waals surface area contributed by atoms with Crippen LogP contribution in [0.5, 0.6) is 11.5 Å². The minimum atomic E-state index is -0.452. The molecule has 4 heteroatoms. The van der Waals surface area contributed by atoms with Gasteiger partial charge in [0.05, 0.1) is 20.3 Å². The van der Waals surface area contributed by atoms with Crippen LogP contribution in [0, 0.1) is 17.1 Å². The van der Waals surface area contributed by atoms with Crippen LogP contribution in [0.25, 0.3) is 0 Å². The van der Waals surface area contributed by atoms with E-state index < -0.39 is 5.82 Å². The maximum Gasteiger partial charge on any atom is 0.197 e. The van der Waals surface area contributed by atoms with Crippen LogP contribution in [0.3, 0.4) is 0 Å². The van der Waals surface area contributed by atoms with Gasteiger partial charge in [0.2, 0.25) is 0 Å². The van der Waals surface area contributed by atoms with E-state index in [4.69, 9.17) is 14.7 Å². The first kappa shape index (κ1) is 11.3. The monoisotopic (exact) mass is 209 g/mol. The second-order valence-corrected chi connectivity index (χ2v) is 2.93. The Balaban J connectivity index is 3.06. The zero-order valence-corrected chi connectivity index (χ0v) is 8.71. The number of benzene rings is 1. The number of ether oxygens (including phenoxy) is 2. The van der Waals surface area contributed by atoms with Crippen molar-refractivity contribution in [1.82, 2.24) is 0 Å². The van der Waals surface area contributed by atoms with E-state index in [1.165, 1.54) is 14.2 Å². The average Bonchev–Trinajstić information content (AvgIpc) is 2.27. The van der Waals surface area contributed by atoms with E-state index in [0.717, 1.165) is 0 Å². The molecule has 0 radical (unpaired) electrons. The first-order chi connectivity index (χ1) is 7.24. The molecule has 80 valence electrons. The second-order valence-electron chi connectivity index (χ2n) is 2.93. The first-order valence-corrected chi connectivity index (χ1v) is 4.51. The van der Waals surface area contributed by atoms with Crippen molar-refractivity contribution in [3.63, 3.8) is 0 Å². The van der Waals surface area contributed by atoms with Gasteiger partial charge in [0.25, 0.3) is 0 Å². The Morgan fingerprint density at radius 1 is 1.33 bits per heavy atom. The van der Waals surface area contributed by atoms with E-state index in [0.29, 0.717) is 17.7 Å². The Morgan fingerprint density at radius 2 is 2.07 bits per heavy atom. The van der Waals surface area contributed by atoms with Crippen molar-refractivity contribution in [2.24, 2.45) is 0 Å². The quantitative estimate of drug-likeness (QED) is 0.764. The van der Waals surface area contributed by atoms with E-state index in [1.807, 2.05) is 6.07 Å². The Labute approximate surface area is 88.0 Å². The van der Waals surface area contributed by atoms with Gasteiger partial charge in [-0.3, -0.25) is 0 Å². The summed E-state index contributed by atoms with van der Waals surface area (Å²) in [7, 11) is 2.83. The summed E-state index contributed by atoms with van der Waals surface area (Å²) in [6.45, 7) is 0. The number of methoxy groups -OCH3 is 2. The van der Waals surface area contributed by atoms with Gasteiger partial charge in [0.1, 0.15) is 0 Å². The molecule has 0 heterocycles. The summed E-state index contributed by atoms with van der Waals surface area (Å²) >= 11 is 0. The summed E-state index contributed by atoms with van der Waals surface area (Å²) < 4.78 is 23.6. The number of nitrogens with zero attached hydrogens (tertiary/aromatic N) is 1. The number of nitriles is 1. The molecule has 0 fully saturated rings. The molecule has 0 unspecified atom stereocenters. The van der Waals surface area contributed by atoms with E-state index >= 15 is 0 Å². The van der Waals surface area contributed by atoms with Gasteiger partial charge in [-0.05, 0) is 18.1 Å². The third kappa shape index (κ3) is 2.38. The van der Waals surface area contributed by atoms with Gasteiger partial charge >= 0.3 is 0 Å². The van der Waals surface area contributed by atoms with E-state index in [-0.39, 0.29) is 12.2 Å². The lowest BCUT2D eigenvalue weighted by Gasteiger charge is -2.10. The Morgan fingerprint density at radius 3 is 2.60 bits per heavy atom. The molecule has 0 saturated heterocycles. The number of rotatable bonds is 4. The van der Waals surface area contributed by atoms with Crippen LogP contribution >= 0.6 is 0 Å². The maximum absolute atomic E-state index is 13.7. The number of aryl methyl sites for hydroxylation is 1. The smallest absolute Gasteiger partial charge is 0.197 e. The van der Waals surface area contributed by atoms with E-state index in [1.54, 1.807) is 12.1 Å². The van der Waals surface area contributed by atoms with Crippen LogP contribution in [0.4, 0.5) is 4.39 Å². The number of hydrogen-bond acceptors (Lipinski definition) is 3. The van der Waals surface area contributed by atoms with E-state index in [9.17, 15) is 4.39 Å². The summed E-state index contributed by atoms with van der Waals surface area (Å²) in [5, 5.41) is 8.42. The molecule has 1 aromatic rings. The molecular formula is C11H12FNO2. The summed E-state index contributed by atoms with van der Waals surface area (Å²) in [6, 6.07) is 5.21. The highest BCUT2D eigenvalue weighted by atomic mass is 19.1. The van der Waals surface area contributed by atoms with Gasteiger partial charge in [-0.15, -0.1) is 0 Å². The fourth-order valence-electron chi connectivity index (χ4n) is 1.31. The van der Waals surface area contributed by atoms with Crippen molar-refractivity contribution < 1.29 is 13.9 Å². The standard InChI is InChI=1S/C11H12FNO2/c1-14-9-6-5-8(4-3-7-13)10(12)11(9)15-2/h5-6H,3-4H2,1-2H3. The van der Waals surface area contributed by atoms with Crippen molar-refractivity contribution >= 4 is 0 Å². The van der Waals surface area contributed by atoms with Crippen molar-refractivity contribution in [1.29, 1.82) is 5.26 Å². The second kappa shape index (κ2) is 5.20. The third-order valence-electron chi connectivity index (χ3n) is 2.07. The lowest BCUT2D eigenvalue weighted by atomic mass is 10.1. The number of hydrogen-bond donors (Lipinski definition) is 0. The van der Waals surface area contributed by atoms with Crippen molar-refractivity contribution in [3.8, 4) is 17.6 Å². The molecule has 0 N–H and O–H groups in total. The highest BCUT2D eigenvalue weighted by molar-refractivity contribution is 5.44. The summed E-state index contributed by atoms with van der Waals surface area (Å²) in [5.41, 5.74) is 0.467. The van der Waals surface area contributed by atoms with Crippen LogP contribution < -0.4 is 9.47 Å². The van der Waals surface area contributed by atoms with Crippen LogP contribution in [0.1, 0.15) is 12.0 Å². The minimum Gasteiger partial charge on any atom is -0.493 e. The molecule has 3 nitrogen and oxygen atoms in total. The lowest BCUT2D eigenvalue weighted by Crippen LogP contribution is -1.98. The van der Waals surface area contributed by atoms with E-state index in [2.05, 4.69) is 0 Å². The zero-order chi connectivity index (χ0) is 11.3. The Hall–Kier alpha value is -1.76. The van der Waals surface area contributed by atoms with Gasteiger partial charge in [0.15, 0.2) is 17.3 Å².